The molecular weight excluding hydrogens is 1640 g/mol. The number of para-hydroxylation sites is 3. The molecule has 6 aliphatic rings. The molecule has 0 unspecified atom stereocenters. The molecule has 7 N–H and O–H groups in total. The molecule has 0 atom stereocenters. The zero-order chi connectivity index (χ0) is 84.8. The van der Waals surface area contributed by atoms with E-state index in [1.807, 2.05) is 110 Å². The first kappa shape index (κ1) is 88.8. The van der Waals surface area contributed by atoms with Gasteiger partial charge < -0.3 is 84.7 Å². The molecule has 5 saturated heterocycles. The molecule has 5 aliphatic heterocycles. The molecule has 0 spiro atoms. The van der Waals surface area contributed by atoms with E-state index in [0.29, 0.717) is 85.3 Å². The van der Waals surface area contributed by atoms with Crippen LogP contribution in [-0.4, -0.2) is 239 Å². The molecular formula is C87H114Cl3N20O7P3. The Bertz CT molecular complexity index is 5160. The van der Waals surface area contributed by atoms with Crippen molar-refractivity contribution < 1.29 is 32.7 Å². The summed E-state index contributed by atoms with van der Waals surface area (Å²) in [5.74, 6) is 4.79. The van der Waals surface area contributed by atoms with Crippen molar-refractivity contribution in [3.63, 3.8) is 0 Å². The first-order chi connectivity index (χ1) is 57.6. The van der Waals surface area contributed by atoms with Crippen molar-refractivity contribution in [2.24, 2.45) is 5.92 Å². The van der Waals surface area contributed by atoms with Gasteiger partial charge in [0.15, 0.2) is 17.5 Å². The minimum absolute atomic E-state index is 0.0397. The molecule has 3 aromatic heterocycles. The van der Waals surface area contributed by atoms with Crippen LogP contribution in [0.15, 0.2) is 146 Å². The predicted molar refractivity (Wildman–Crippen MR) is 496 cm³/mol. The fourth-order valence-electron chi connectivity index (χ4n) is 15.8. The first-order valence-corrected chi connectivity index (χ1v) is 50.2. The standard InChI is InChI=1S/C32H44ClN8O3P.C28H36ClN6O2P.C27H34ClN6O2P/c1-22(2)35-32(42)41-18-16-40(17-19-41)23-12-14-39(15-13-23)24-10-11-26(28(20-24)44-3)37-31-34-21-25(33)30(38-31)36-27-8-6-7-9-29(27)45(4,5)43;1-20-18-22(34-12-10-21(11-13-34)35-14-16-37-17-15-35)8-9-24(20)32-28-30-19-23(29)27(33-28)31-25-6-4-5-7-26(25)38(2,3)36;1-36-24-16-20(34-14-12-33(13-15-34)18-19-8-9-19)10-11-22(24)31-27-29-17-21(28)26(32-27)30-23-6-4-5-7-25(23)37(2,3)35/h6-11,20-23H,12-19H2,1-5H3,(H,35,42)(H2,34,36,37,38);4-9,18-19,21H,10-17H2,1-3H3,(H2,30,31,32,33);4-7,10-11,16-17,19H,8-9,12-15,18H2,1-3H3,(H2,29,30,31,32). The summed E-state index contributed by atoms with van der Waals surface area (Å²) in [7, 11) is -4.19. The van der Waals surface area contributed by atoms with Crippen molar-refractivity contribution in [1.82, 2.24) is 54.8 Å². The zero-order valence-corrected chi connectivity index (χ0v) is 75.5. The van der Waals surface area contributed by atoms with Crippen molar-refractivity contribution in [3.8, 4) is 11.5 Å². The fourth-order valence-corrected chi connectivity index (χ4v) is 19.7. The number of methoxy groups -OCH3 is 2. The lowest BCUT2D eigenvalue weighted by Crippen LogP contribution is -2.56. The van der Waals surface area contributed by atoms with Gasteiger partial charge in [0, 0.05) is 167 Å². The predicted octanol–water partition coefficient (Wildman–Crippen LogP) is 16.5. The van der Waals surface area contributed by atoms with Crippen LogP contribution in [0.5, 0.6) is 11.5 Å². The van der Waals surface area contributed by atoms with Crippen LogP contribution in [0, 0.1) is 12.8 Å². The van der Waals surface area contributed by atoms with Crippen molar-refractivity contribution in [2.75, 3.05) is 212 Å². The maximum atomic E-state index is 12.8. The van der Waals surface area contributed by atoms with E-state index in [2.05, 4.69) is 140 Å². The van der Waals surface area contributed by atoms with Crippen LogP contribution in [0.3, 0.4) is 0 Å². The first-order valence-electron chi connectivity index (χ1n) is 41.3. The quantitative estimate of drug-likeness (QED) is 0.0262. The number of aromatic nitrogens is 6. The highest BCUT2D eigenvalue weighted by atomic mass is 35.5. The summed E-state index contributed by atoms with van der Waals surface area (Å²) in [6.45, 7) is 33.2. The van der Waals surface area contributed by atoms with Gasteiger partial charge >= 0.3 is 6.03 Å². The Hall–Kier alpha value is -8.97. The molecule has 1 aliphatic carbocycles. The number of nitrogens with zero attached hydrogens (tertiary/aromatic N) is 13. The number of ether oxygens (including phenoxy) is 3. The van der Waals surface area contributed by atoms with Crippen LogP contribution in [-0.2, 0) is 18.4 Å². The number of aryl methyl sites for hydroxylation is 1. The molecule has 1 saturated carbocycles. The van der Waals surface area contributed by atoms with E-state index < -0.39 is 21.4 Å². The van der Waals surface area contributed by atoms with Crippen LogP contribution in [0.4, 0.5) is 91.3 Å². The number of rotatable bonds is 25. The largest absolute Gasteiger partial charge is 0.494 e. The number of piperazine rings is 2. The molecule has 0 radical (unpaired) electrons. The molecule has 0 bridgehead atoms. The normalized spacial score (nSPS) is 16.8. The second-order valence-electron chi connectivity index (χ2n) is 32.7. The maximum Gasteiger partial charge on any atom is 0.317 e. The smallest absolute Gasteiger partial charge is 0.317 e. The van der Waals surface area contributed by atoms with E-state index in [4.69, 9.17) is 49.0 Å². The van der Waals surface area contributed by atoms with Gasteiger partial charge in [0.1, 0.15) is 48.0 Å². The van der Waals surface area contributed by atoms with E-state index in [1.165, 1.54) is 44.1 Å². The van der Waals surface area contributed by atoms with Crippen LogP contribution < -0.4 is 77.3 Å². The molecule has 640 valence electrons. The third kappa shape index (κ3) is 23.8. The number of halogens is 3. The van der Waals surface area contributed by atoms with Crippen LogP contribution in [0.2, 0.25) is 15.1 Å². The molecule has 6 aromatic carbocycles. The number of nitrogens with one attached hydrogen (secondary N) is 7. The highest BCUT2D eigenvalue weighted by molar-refractivity contribution is 7.71. The van der Waals surface area contributed by atoms with Gasteiger partial charge in [-0.3, -0.25) is 14.7 Å². The highest BCUT2D eigenvalue weighted by Crippen LogP contribution is 2.44. The van der Waals surface area contributed by atoms with Crippen molar-refractivity contribution in [3.05, 3.63) is 167 Å². The van der Waals surface area contributed by atoms with Gasteiger partial charge in [0.2, 0.25) is 17.8 Å². The number of anilines is 15. The molecule has 9 aromatic rings. The minimum atomic E-state index is -2.52. The molecule has 27 nitrogen and oxygen atoms in total. The lowest BCUT2D eigenvalue weighted by atomic mass is 10.0. The van der Waals surface area contributed by atoms with Crippen LogP contribution >= 0.6 is 56.2 Å². The molecule has 15 rings (SSSR count). The summed E-state index contributed by atoms with van der Waals surface area (Å²) >= 11 is 19.3. The lowest BCUT2D eigenvalue weighted by molar-refractivity contribution is 0.0115. The van der Waals surface area contributed by atoms with Gasteiger partial charge in [-0.05, 0) is 190 Å². The third-order valence-electron chi connectivity index (χ3n) is 22.5. The number of piperidine rings is 2. The average Bonchev–Trinajstić information content (AvgIpc) is 0.936. The number of benzene rings is 6. The summed E-state index contributed by atoms with van der Waals surface area (Å²) in [5.41, 5.74) is 9.18. The molecule has 33 heteroatoms. The van der Waals surface area contributed by atoms with E-state index in [1.54, 1.807) is 66.6 Å². The Kier molecular flexibility index (Phi) is 29.9. The second kappa shape index (κ2) is 40.4. The van der Waals surface area contributed by atoms with Gasteiger partial charge in [-0.1, -0.05) is 71.2 Å². The number of amides is 2. The van der Waals surface area contributed by atoms with E-state index >= 15 is 0 Å². The van der Waals surface area contributed by atoms with Crippen molar-refractivity contribution in [1.29, 1.82) is 0 Å². The summed E-state index contributed by atoms with van der Waals surface area (Å²) in [4.78, 5) is 56.2. The number of hydrogen-bond acceptors (Lipinski definition) is 25. The van der Waals surface area contributed by atoms with Crippen LogP contribution in [0.25, 0.3) is 0 Å². The summed E-state index contributed by atoms with van der Waals surface area (Å²) < 4.78 is 55.3. The van der Waals surface area contributed by atoms with E-state index in [-0.39, 0.29) is 12.1 Å². The Balaban J connectivity index is 0.000000156. The Morgan fingerprint density at radius 2 is 0.817 bits per heavy atom. The average molecular weight is 1750 g/mol. The Morgan fingerprint density at radius 3 is 1.19 bits per heavy atom. The zero-order valence-electron chi connectivity index (χ0n) is 70.6. The topological polar surface area (TPSA) is 280 Å². The summed E-state index contributed by atoms with van der Waals surface area (Å²) in [6, 6.07) is 42.6. The van der Waals surface area contributed by atoms with Crippen molar-refractivity contribution in [2.45, 2.75) is 77.4 Å². The fraction of sp³-hybridized carbons (Fsp3) is 0.437. The minimum Gasteiger partial charge on any atom is -0.494 e. The SMILES string of the molecule is COc1cc(N2CCC(N3CCN(C(=O)NC(C)C)CC3)CC2)ccc1Nc1ncc(Cl)c(Nc2ccccc2P(C)(C)=O)n1.COc1cc(N2CCN(CC3CC3)CC2)ccc1Nc1ncc(Cl)c(Nc2ccccc2P(C)(C)=O)n1.Cc1cc(N2CCC(N3CCOCC3)CC2)ccc1Nc1ncc(Cl)c(Nc2ccccc2P(C)(C)=O)n1. The Labute approximate surface area is 721 Å². The summed E-state index contributed by atoms with van der Waals surface area (Å²) in [5, 5.41) is 25.9. The number of morpholine rings is 1. The number of urea groups is 1. The monoisotopic (exact) mass is 1750 g/mol. The number of carbonyl (C=O) groups is 1. The maximum absolute atomic E-state index is 12.8. The van der Waals surface area contributed by atoms with E-state index in [9.17, 15) is 18.5 Å². The van der Waals surface area contributed by atoms with Crippen LogP contribution in [0.1, 0.15) is 57.9 Å². The Morgan fingerprint density at radius 1 is 0.450 bits per heavy atom. The van der Waals surface area contributed by atoms with Gasteiger partial charge in [0.05, 0.1) is 74.5 Å². The number of carbonyl (C=O) groups excluding carboxylic acids is 1. The second-order valence-corrected chi connectivity index (χ2v) is 43.5. The third-order valence-corrected chi connectivity index (χ3v) is 27.9. The van der Waals surface area contributed by atoms with Crippen molar-refractivity contribution >= 4 is 165 Å². The number of hydrogen-bond donors (Lipinski definition) is 7. The van der Waals surface area contributed by atoms with Gasteiger partial charge in [-0.2, -0.15) is 15.0 Å². The summed E-state index contributed by atoms with van der Waals surface area (Å²) in [6.07, 6.45) is 12.0. The highest BCUT2D eigenvalue weighted by Gasteiger charge is 2.33. The molecule has 8 heterocycles. The van der Waals surface area contributed by atoms with E-state index in [0.717, 1.165) is 179 Å². The van der Waals surface area contributed by atoms with Gasteiger partial charge in [-0.25, -0.2) is 19.7 Å². The molecule has 120 heavy (non-hydrogen) atoms. The lowest BCUT2D eigenvalue weighted by Gasteiger charge is -2.43. The molecule has 2 amide bonds. The van der Waals surface area contributed by atoms with Gasteiger partial charge in [-0.15, -0.1) is 0 Å². The van der Waals surface area contributed by atoms with Gasteiger partial charge in [0.25, 0.3) is 0 Å². The molecule has 6 fully saturated rings.